The van der Waals surface area contributed by atoms with E-state index in [0.29, 0.717) is 12.2 Å². The van der Waals surface area contributed by atoms with Gasteiger partial charge >= 0.3 is 5.97 Å². The first-order valence-electron chi connectivity index (χ1n) is 6.80. The molecular formula is C16H20N2O2. The van der Waals surface area contributed by atoms with E-state index in [2.05, 4.69) is 24.8 Å². The van der Waals surface area contributed by atoms with Crippen molar-refractivity contribution in [3.8, 4) is 6.07 Å². The number of ether oxygens (including phenoxy) is 1. The van der Waals surface area contributed by atoms with Gasteiger partial charge in [-0.1, -0.05) is 12.1 Å². The lowest BCUT2D eigenvalue weighted by molar-refractivity contribution is -0.137. The van der Waals surface area contributed by atoms with Gasteiger partial charge in [-0.05, 0) is 38.5 Å². The maximum atomic E-state index is 11.5. The predicted octanol–water partition coefficient (Wildman–Crippen LogP) is 3.00. The number of hydrogen-bond acceptors (Lipinski definition) is 4. The number of carbonyl (C=O) groups excluding carboxylic acids is 1. The number of anilines is 1. The summed E-state index contributed by atoms with van der Waals surface area (Å²) in [4.78, 5) is 13.6. The van der Waals surface area contributed by atoms with Crippen molar-refractivity contribution in [1.29, 1.82) is 5.26 Å². The molecule has 0 spiro atoms. The van der Waals surface area contributed by atoms with Crippen LogP contribution in [0.25, 0.3) is 5.57 Å². The number of allylic oxidation sites excluding steroid dienone is 1. The quantitative estimate of drug-likeness (QED) is 0.454. The molecule has 106 valence electrons. The Kier molecular flexibility index (Phi) is 6.31. The summed E-state index contributed by atoms with van der Waals surface area (Å²) in [5.74, 6) is -0.489. The summed E-state index contributed by atoms with van der Waals surface area (Å²) in [5.41, 5.74) is 2.08. The minimum absolute atomic E-state index is 0.299. The van der Waals surface area contributed by atoms with Crippen molar-refractivity contribution in [2.75, 3.05) is 24.6 Å². The van der Waals surface area contributed by atoms with E-state index >= 15 is 0 Å². The number of benzene rings is 1. The molecule has 1 rings (SSSR count). The second kappa shape index (κ2) is 8.00. The summed E-state index contributed by atoms with van der Waals surface area (Å²) in [6.07, 6.45) is 1.24. The Bertz CT molecular complexity index is 526. The largest absolute Gasteiger partial charge is 0.463 e. The van der Waals surface area contributed by atoms with Crippen LogP contribution in [0.3, 0.4) is 0 Å². The maximum absolute atomic E-state index is 11.5. The smallest absolute Gasteiger partial charge is 0.332 e. The third kappa shape index (κ3) is 4.13. The number of nitriles is 1. The number of nitrogens with zero attached hydrogens (tertiary/aromatic N) is 2. The fourth-order valence-electron chi connectivity index (χ4n) is 1.94. The standard InChI is InChI=1S/C16H20N2O2/c1-4-18(5-2)15-9-7-8-13(10-15)14(12-17)11-16(19)20-6-3/h7-11H,4-6H2,1-3H3. The molecule has 0 saturated heterocycles. The van der Waals surface area contributed by atoms with E-state index in [1.165, 1.54) is 6.08 Å². The molecule has 0 amide bonds. The average molecular weight is 272 g/mol. The molecule has 0 fully saturated rings. The Balaban J connectivity index is 3.09. The molecule has 0 saturated carbocycles. The Hall–Kier alpha value is -2.28. The molecule has 0 bridgehead atoms. The summed E-state index contributed by atoms with van der Waals surface area (Å²) in [6, 6.07) is 9.67. The van der Waals surface area contributed by atoms with E-state index in [9.17, 15) is 10.1 Å². The van der Waals surface area contributed by atoms with Crippen molar-refractivity contribution in [2.45, 2.75) is 20.8 Å². The van der Waals surface area contributed by atoms with Crippen molar-refractivity contribution in [3.05, 3.63) is 35.9 Å². The molecule has 0 aliphatic heterocycles. The molecular weight excluding hydrogens is 252 g/mol. The molecule has 1 aromatic carbocycles. The van der Waals surface area contributed by atoms with Gasteiger partial charge < -0.3 is 9.64 Å². The molecule has 0 aliphatic carbocycles. The van der Waals surface area contributed by atoms with E-state index in [1.807, 2.05) is 24.3 Å². The van der Waals surface area contributed by atoms with Gasteiger partial charge in [-0.3, -0.25) is 0 Å². The van der Waals surface area contributed by atoms with E-state index in [1.54, 1.807) is 6.92 Å². The highest BCUT2D eigenvalue weighted by atomic mass is 16.5. The molecule has 20 heavy (non-hydrogen) atoms. The average Bonchev–Trinajstić information content (AvgIpc) is 2.47. The van der Waals surface area contributed by atoms with Crippen LogP contribution < -0.4 is 4.90 Å². The molecule has 0 unspecified atom stereocenters. The zero-order chi connectivity index (χ0) is 15.0. The highest BCUT2D eigenvalue weighted by Gasteiger charge is 2.08. The molecule has 4 heteroatoms. The van der Waals surface area contributed by atoms with Gasteiger partial charge in [0.2, 0.25) is 0 Å². The molecule has 0 radical (unpaired) electrons. The van der Waals surface area contributed by atoms with Crippen LogP contribution in [0.4, 0.5) is 5.69 Å². The first-order chi connectivity index (χ1) is 9.65. The monoisotopic (exact) mass is 272 g/mol. The van der Waals surface area contributed by atoms with Crippen molar-refractivity contribution in [2.24, 2.45) is 0 Å². The molecule has 4 nitrogen and oxygen atoms in total. The van der Waals surface area contributed by atoms with E-state index in [0.717, 1.165) is 24.3 Å². The van der Waals surface area contributed by atoms with Crippen molar-refractivity contribution in [3.63, 3.8) is 0 Å². The lowest BCUT2D eigenvalue weighted by atomic mass is 10.1. The second-order valence-corrected chi connectivity index (χ2v) is 4.14. The number of hydrogen-bond donors (Lipinski definition) is 0. The zero-order valence-corrected chi connectivity index (χ0v) is 12.2. The van der Waals surface area contributed by atoms with Crippen LogP contribution in [0.5, 0.6) is 0 Å². The van der Waals surface area contributed by atoms with Gasteiger partial charge in [0.05, 0.1) is 12.2 Å². The van der Waals surface area contributed by atoms with Gasteiger partial charge in [0.1, 0.15) is 6.07 Å². The van der Waals surface area contributed by atoms with Crippen LogP contribution in [-0.2, 0) is 9.53 Å². The summed E-state index contributed by atoms with van der Waals surface area (Å²) < 4.78 is 4.84. The Morgan fingerprint density at radius 2 is 2.05 bits per heavy atom. The second-order valence-electron chi connectivity index (χ2n) is 4.14. The SMILES string of the molecule is CCOC(=O)C=C(C#N)c1cccc(N(CC)CC)c1. The number of carbonyl (C=O) groups is 1. The van der Waals surface area contributed by atoms with Crippen molar-refractivity contribution >= 4 is 17.2 Å². The van der Waals surface area contributed by atoms with E-state index in [4.69, 9.17) is 4.74 Å². The minimum atomic E-state index is -0.489. The van der Waals surface area contributed by atoms with Gasteiger partial charge in [-0.15, -0.1) is 0 Å². The summed E-state index contributed by atoms with van der Waals surface area (Å²) in [6.45, 7) is 7.98. The van der Waals surface area contributed by atoms with Crippen LogP contribution >= 0.6 is 0 Å². The lowest BCUT2D eigenvalue weighted by Gasteiger charge is -2.21. The van der Waals surface area contributed by atoms with Gasteiger partial charge in [-0.25, -0.2) is 4.79 Å². The fourth-order valence-corrected chi connectivity index (χ4v) is 1.94. The third-order valence-electron chi connectivity index (χ3n) is 2.95. The Morgan fingerprint density at radius 1 is 1.35 bits per heavy atom. The summed E-state index contributed by atoms with van der Waals surface area (Å²) in [7, 11) is 0. The first kappa shape index (κ1) is 15.8. The molecule has 0 atom stereocenters. The lowest BCUT2D eigenvalue weighted by Crippen LogP contribution is -2.21. The predicted molar refractivity (Wildman–Crippen MR) is 80.2 cm³/mol. The number of rotatable bonds is 6. The van der Waals surface area contributed by atoms with Gasteiger partial charge in [0.15, 0.2) is 0 Å². The van der Waals surface area contributed by atoms with Crippen LogP contribution in [-0.4, -0.2) is 25.7 Å². The third-order valence-corrected chi connectivity index (χ3v) is 2.95. The highest BCUT2D eigenvalue weighted by molar-refractivity contribution is 5.95. The number of esters is 1. The molecule has 0 aromatic heterocycles. The van der Waals surface area contributed by atoms with Crippen LogP contribution in [0.1, 0.15) is 26.3 Å². The van der Waals surface area contributed by atoms with Crippen molar-refractivity contribution in [1.82, 2.24) is 0 Å². The normalized spacial score (nSPS) is 10.8. The van der Waals surface area contributed by atoms with Crippen molar-refractivity contribution < 1.29 is 9.53 Å². The van der Waals surface area contributed by atoms with E-state index in [-0.39, 0.29) is 0 Å². The summed E-state index contributed by atoms with van der Waals surface area (Å²) in [5, 5.41) is 9.20. The minimum Gasteiger partial charge on any atom is -0.463 e. The van der Waals surface area contributed by atoms with Crippen LogP contribution in [0, 0.1) is 11.3 Å². The maximum Gasteiger partial charge on any atom is 0.332 e. The van der Waals surface area contributed by atoms with E-state index < -0.39 is 5.97 Å². The first-order valence-corrected chi connectivity index (χ1v) is 6.80. The van der Waals surface area contributed by atoms with Gasteiger partial charge in [0, 0.05) is 24.9 Å². The topological polar surface area (TPSA) is 53.3 Å². The zero-order valence-electron chi connectivity index (χ0n) is 12.2. The summed E-state index contributed by atoms with van der Waals surface area (Å²) >= 11 is 0. The van der Waals surface area contributed by atoms with Gasteiger partial charge in [0.25, 0.3) is 0 Å². The van der Waals surface area contributed by atoms with Gasteiger partial charge in [-0.2, -0.15) is 5.26 Å². The fraction of sp³-hybridized carbons (Fsp3) is 0.375. The Labute approximate surface area is 120 Å². The molecule has 1 aromatic rings. The van der Waals surface area contributed by atoms with Crippen LogP contribution in [0.15, 0.2) is 30.3 Å². The molecule has 0 N–H and O–H groups in total. The van der Waals surface area contributed by atoms with Crippen LogP contribution in [0.2, 0.25) is 0 Å². The Morgan fingerprint density at radius 3 is 2.60 bits per heavy atom. The molecule has 0 aliphatic rings. The highest BCUT2D eigenvalue weighted by Crippen LogP contribution is 2.21. The molecule has 0 heterocycles.